The van der Waals surface area contributed by atoms with E-state index >= 15 is 0 Å². The highest BCUT2D eigenvalue weighted by Gasteiger charge is 2.55. The summed E-state index contributed by atoms with van der Waals surface area (Å²) in [6.07, 6.45) is 8.76. The number of hydrogen-bond donors (Lipinski definition) is 2. The van der Waals surface area contributed by atoms with Gasteiger partial charge in [-0.1, -0.05) is 19.3 Å². The molecule has 3 unspecified atom stereocenters. The lowest BCUT2D eigenvalue weighted by atomic mass is 9.55. The van der Waals surface area contributed by atoms with Crippen LogP contribution in [0.25, 0.3) is 0 Å². The molecule has 0 aromatic rings. The summed E-state index contributed by atoms with van der Waals surface area (Å²) in [5.74, 6) is 1.28. The van der Waals surface area contributed by atoms with E-state index in [0.717, 1.165) is 45.2 Å². The minimum atomic E-state index is 0.0125. The average Bonchev–Trinajstić information content (AvgIpc) is 3.22. The number of carbonyl (C=O) groups excluding carboxylic acids is 1. The van der Waals surface area contributed by atoms with Crippen molar-refractivity contribution in [2.75, 3.05) is 47.0 Å². The molecular formula is C21H38N4O3. The molecule has 28 heavy (non-hydrogen) atoms. The van der Waals surface area contributed by atoms with Gasteiger partial charge in [-0.25, -0.2) is 4.99 Å². The summed E-state index contributed by atoms with van der Waals surface area (Å²) in [5, 5.41) is 7.14. The van der Waals surface area contributed by atoms with Crippen LogP contribution >= 0.6 is 0 Å². The molecule has 3 atom stereocenters. The van der Waals surface area contributed by atoms with Gasteiger partial charge in [0.2, 0.25) is 5.91 Å². The molecule has 0 aromatic heterocycles. The first-order chi connectivity index (χ1) is 13.5. The maximum atomic E-state index is 12.0. The maximum absolute atomic E-state index is 12.0. The molecule has 160 valence electrons. The Bertz CT molecular complexity index is 540. The van der Waals surface area contributed by atoms with Crippen molar-refractivity contribution in [2.24, 2.45) is 16.3 Å². The first kappa shape index (κ1) is 21.4. The van der Waals surface area contributed by atoms with Crippen LogP contribution in [0, 0.1) is 11.3 Å². The molecule has 1 spiro atoms. The lowest BCUT2D eigenvalue weighted by Crippen LogP contribution is -2.66. The van der Waals surface area contributed by atoms with Gasteiger partial charge in [-0.15, -0.1) is 0 Å². The Balaban J connectivity index is 1.64. The molecule has 1 heterocycles. The second-order valence-corrected chi connectivity index (χ2v) is 8.73. The molecule has 2 saturated carbocycles. The van der Waals surface area contributed by atoms with Crippen molar-refractivity contribution in [2.45, 2.75) is 64.0 Å². The topological polar surface area (TPSA) is 75.2 Å². The van der Waals surface area contributed by atoms with Crippen LogP contribution in [0.3, 0.4) is 0 Å². The summed E-state index contributed by atoms with van der Waals surface area (Å²) in [6.45, 7) is 5.50. The van der Waals surface area contributed by atoms with Gasteiger partial charge in [-0.05, 0) is 32.6 Å². The van der Waals surface area contributed by atoms with E-state index in [4.69, 9.17) is 9.47 Å². The summed E-state index contributed by atoms with van der Waals surface area (Å²) in [5.41, 5.74) is 0.221. The van der Waals surface area contributed by atoms with Crippen molar-refractivity contribution in [1.29, 1.82) is 0 Å². The predicted octanol–water partition coefficient (Wildman–Crippen LogP) is 1.77. The number of amides is 1. The van der Waals surface area contributed by atoms with E-state index in [9.17, 15) is 4.79 Å². The molecule has 2 aliphatic carbocycles. The normalized spacial score (nSPS) is 29.4. The fourth-order valence-electron chi connectivity index (χ4n) is 4.86. The third-order valence-electron chi connectivity index (χ3n) is 6.70. The van der Waals surface area contributed by atoms with E-state index in [1.807, 2.05) is 0 Å². The fraction of sp³-hybridized carbons (Fsp3) is 0.905. The van der Waals surface area contributed by atoms with E-state index < -0.39 is 0 Å². The summed E-state index contributed by atoms with van der Waals surface area (Å²) < 4.78 is 11.6. The van der Waals surface area contributed by atoms with Crippen LogP contribution < -0.4 is 10.6 Å². The number of rotatable bonds is 7. The van der Waals surface area contributed by atoms with Crippen molar-refractivity contribution >= 4 is 11.9 Å². The molecule has 0 bridgehead atoms. The Kier molecular flexibility index (Phi) is 7.57. The third kappa shape index (κ3) is 4.98. The SMILES string of the molecule is CCOC1CC(NC(=NCC(=O)N(C)C)NCC2CCOC2)C12CCCCC2. The van der Waals surface area contributed by atoms with Crippen molar-refractivity contribution in [3.05, 3.63) is 0 Å². The molecule has 3 aliphatic rings. The van der Waals surface area contributed by atoms with Crippen LogP contribution in [0.5, 0.6) is 0 Å². The van der Waals surface area contributed by atoms with Crippen LogP contribution in [-0.2, 0) is 14.3 Å². The monoisotopic (exact) mass is 394 g/mol. The largest absolute Gasteiger partial charge is 0.381 e. The molecule has 3 rings (SSSR count). The van der Waals surface area contributed by atoms with Crippen LogP contribution in [0.15, 0.2) is 4.99 Å². The molecule has 7 heteroatoms. The minimum absolute atomic E-state index is 0.0125. The zero-order valence-electron chi connectivity index (χ0n) is 17.8. The van der Waals surface area contributed by atoms with Crippen LogP contribution in [0.2, 0.25) is 0 Å². The molecule has 3 fully saturated rings. The zero-order valence-corrected chi connectivity index (χ0v) is 17.8. The van der Waals surface area contributed by atoms with Crippen molar-refractivity contribution in [3.63, 3.8) is 0 Å². The second-order valence-electron chi connectivity index (χ2n) is 8.73. The van der Waals surface area contributed by atoms with Crippen molar-refractivity contribution < 1.29 is 14.3 Å². The number of carbonyl (C=O) groups is 1. The zero-order chi connectivity index (χ0) is 20.0. The lowest BCUT2D eigenvalue weighted by molar-refractivity contribution is -0.145. The van der Waals surface area contributed by atoms with E-state index in [2.05, 4.69) is 22.5 Å². The van der Waals surface area contributed by atoms with E-state index in [-0.39, 0.29) is 17.9 Å². The fourth-order valence-corrected chi connectivity index (χ4v) is 4.86. The molecule has 0 aromatic carbocycles. The van der Waals surface area contributed by atoms with Gasteiger partial charge in [0.15, 0.2) is 5.96 Å². The number of nitrogens with one attached hydrogen (secondary N) is 2. The summed E-state index contributed by atoms with van der Waals surface area (Å²) >= 11 is 0. The van der Waals surface area contributed by atoms with E-state index in [1.165, 1.54) is 32.1 Å². The van der Waals surface area contributed by atoms with Gasteiger partial charge in [0.1, 0.15) is 6.54 Å². The first-order valence-corrected chi connectivity index (χ1v) is 11.0. The number of nitrogens with zero attached hydrogens (tertiary/aromatic N) is 2. The Morgan fingerprint density at radius 3 is 2.71 bits per heavy atom. The number of likely N-dealkylation sites (N-methyl/N-ethyl adjacent to an activating group) is 1. The summed E-state index contributed by atoms with van der Waals surface area (Å²) in [4.78, 5) is 18.2. The number of aliphatic imine (C=N–C) groups is 1. The summed E-state index contributed by atoms with van der Waals surface area (Å²) in [6, 6.07) is 0.366. The molecule has 1 amide bonds. The van der Waals surface area contributed by atoms with Gasteiger partial charge in [0, 0.05) is 51.2 Å². The van der Waals surface area contributed by atoms with Crippen molar-refractivity contribution in [3.8, 4) is 0 Å². The van der Waals surface area contributed by atoms with E-state index in [0.29, 0.717) is 18.1 Å². The van der Waals surface area contributed by atoms with Gasteiger partial charge in [-0.2, -0.15) is 0 Å². The quantitative estimate of drug-likeness (QED) is 0.508. The molecule has 1 saturated heterocycles. The Hall–Kier alpha value is -1.34. The van der Waals surface area contributed by atoms with Gasteiger partial charge < -0.3 is 25.0 Å². The van der Waals surface area contributed by atoms with E-state index in [1.54, 1.807) is 19.0 Å². The molecule has 7 nitrogen and oxygen atoms in total. The van der Waals surface area contributed by atoms with Gasteiger partial charge in [-0.3, -0.25) is 4.79 Å². The van der Waals surface area contributed by atoms with Gasteiger partial charge in [0.25, 0.3) is 0 Å². The highest BCUT2D eigenvalue weighted by atomic mass is 16.5. The maximum Gasteiger partial charge on any atom is 0.243 e. The third-order valence-corrected chi connectivity index (χ3v) is 6.70. The Labute approximate surface area is 169 Å². The van der Waals surface area contributed by atoms with Crippen molar-refractivity contribution in [1.82, 2.24) is 15.5 Å². The highest BCUT2D eigenvalue weighted by Crippen LogP contribution is 2.53. The predicted molar refractivity (Wildman–Crippen MR) is 110 cm³/mol. The summed E-state index contributed by atoms with van der Waals surface area (Å²) in [7, 11) is 3.54. The lowest BCUT2D eigenvalue weighted by Gasteiger charge is -2.58. The molecule has 1 aliphatic heterocycles. The van der Waals surface area contributed by atoms with Crippen LogP contribution in [0.1, 0.15) is 51.9 Å². The standard InChI is InChI=1S/C21H38N4O3/c1-4-28-18-12-17(21(18)9-6-5-7-10-21)24-20(23-14-19(26)25(2)3)22-13-16-8-11-27-15-16/h16-18H,4-15H2,1-3H3,(H2,22,23,24). The number of ether oxygens (including phenoxy) is 2. The smallest absolute Gasteiger partial charge is 0.243 e. The Morgan fingerprint density at radius 1 is 1.29 bits per heavy atom. The van der Waals surface area contributed by atoms with Gasteiger partial charge >= 0.3 is 0 Å². The number of hydrogen-bond acceptors (Lipinski definition) is 4. The van der Waals surface area contributed by atoms with Crippen LogP contribution in [-0.4, -0.2) is 75.9 Å². The average molecular weight is 395 g/mol. The second kappa shape index (κ2) is 9.92. The van der Waals surface area contributed by atoms with Crippen LogP contribution in [0.4, 0.5) is 0 Å². The van der Waals surface area contributed by atoms with Gasteiger partial charge in [0.05, 0.1) is 12.7 Å². The molecular weight excluding hydrogens is 356 g/mol. The molecule has 2 N–H and O–H groups in total. The molecule has 0 radical (unpaired) electrons. The number of guanidine groups is 1. The highest BCUT2D eigenvalue weighted by molar-refractivity contribution is 5.85. The minimum Gasteiger partial charge on any atom is -0.381 e. The Morgan fingerprint density at radius 2 is 2.07 bits per heavy atom. The first-order valence-electron chi connectivity index (χ1n) is 11.0.